The SMILES string of the molecule is CN(C(=O)c1ocnc1-c1ccccc1)c1ccccc1. The van der Waals surface area contributed by atoms with Crippen LogP contribution in [0.2, 0.25) is 0 Å². The number of nitrogens with zero attached hydrogens (tertiary/aromatic N) is 2. The van der Waals surface area contributed by atoms with Crippen molar-refractivity contribution in [3.8, 4) is 11.3 Å². The molecule has 0 saturated heterocycles. The van der Waals surface area contributed by atoms with Gasteiger partial charge in [-0.2, -0.15) is 0 Å². The highest BCUT2D eigenvalue weighted by atomic mass is 16.3. The Morgan fingerprint density at radius 2 is 1.62 bits per heavy atom. The highest BCUT2D eigenvalue weighted by molar-refractivity contribution is 6.07. The molecule has 104 valence electrons. The molecule has 0 radical (unpaired) electrons. The fraction of sp³-hybridized carbons (Fsp3) is 0.0588. The van der Waals surface area contributed by atoms with Crippen LogP contribution in [0.1, 0.15) is 10.6 Å². The van der Waals surface area contributed by atoms with Crippen LogP contribution in [0, 0.1) is 0 Å². The van der Waals surface area contributed by atoms with Crippen LogP contribution in [0.15, 0.2) is 71.5 Å². The lowest BCUT2D eigenvalue weighted by molar-refractivity contribution is 0.0967. The molecule has 0 N–H and O–H groups in total. The van der Waals surface area contributed by atoms with Gasteiger partial charge < -0.3 is 9.32 Å². The standard InChI is InChI=1S/C17H14N2O2/c1-19(14-10-6-3-7-11-14)17(20)16-15(18-12-21-16)13-8-4-2-5-9-13/h2-12H,1H3. The molecule has 0 spiro atoms. The zero-order valence-electron chi connectivity index (χ0n) is 11.6. The third-order valence-corrected chi connectivity index (χ3v) is 3.26. The highest BCUT2D eigenvalue weighted by Crippen LogP contribution is 2.24. The van der Waals surface area contributed by atoms with E-state index in [1.165, 1.54) is 6.39 Å². The molecule has 3 aromatic rings. The summed E-state index contributed by atoms with van der Waals surface area (Å²) in [7, 11) is 1.72. The smallest absolute Gasteiger partial charge is 0.296 e. The highest BCUT2D eigenvalue weighted by Gasteiger charge is 2.22. The number of hydrogen-bond donors (Lipinski definition) is 0. The van der Waals surface area contributed by atoms with Gasteiger partial charge in [-0.3, -0.25) is 4.79 Å². The van der Waals surface area contributed by atoms with Crippen LogP contribution in [0.4, 0.5) is 5.69 Å². The van der Waals surface area contributed by atoms with E-state index in [1.807, 2.05) is 60.7 Å². The number of oxazole rings is 1. The molecule has 0 unspecified atom stereocenters. The lowest BCUT2D eigenvalue weighted by Gasteiger charge is -2.16. The maximum absolute atomic E-state index is 12.6. The summed E-state index contributed by atoms with van der Waals surface area (Å²) < 4.78 is 5.32. The normalized spacial score (nSPS) is 10.3. The molecule has 0 aliphatic carbocycles. The van der Waals surface area contributed by atoms with Gasteiger partial charge in [0.1, 0.15) is 5.69 Å². The number of benzene rings is 2. The molecule has 0 aliphatic rings. The summed E-state index contributed by atoms with van der Waals surface area (Å²) in [6.45, 7) is 0. The van der Waals surface area contributed by atoms with E-state index in [2.05, 4.69) is 4.98 Å². The van der Waals surface area contributed by atoms with Crippen LogP contribution in [0.25, 0.3) is 11.3 Å². The van der Waals surface area contributed by atoms with E-state index < -0.39 is 0 Å². The number of amides is 1. The first-order chi connectivity index (χ1) is 10.3. The van der Waals surface area contributed by atoms with E-state index in [1.54, 1.807) is 11.9 Å². The molecule has 0 atom stereocenters. The van der Waals surface area contributed by atoms with Gasteiger partial charge in [0, 0.05) is 18.3 Å². The van der Waals surface area contributed by atoms with Gasteiger partial charge in [0.05, 0.1) is 0 Å². The van der Waals surface area contributed by atoms with Crippen molar-refractivity contribution in [1.29, 1.82) is 0 Å². The first-order valence-electron chi connectivity index (χ1n) is 6.59. The summed E-state index contributed by atoms with van der Waals surface area (Å²) in [5.74, 6) is 0.0186. The molecule has 0 fully saturated rings. The number of aromatic nitrogens is 1. The average Bonchev–Trinajstić information content (AvgIpc) is 3.04. The molecule has 0 saturated carbocycles. The number of anilines is 1. The van der Waals surface area contributed by atoms with Crippen molar-refractivity contribution in [3.05, 3.63) is 72.8 Å². The van der Waals surface area contributed by atoms with Crippen LogP contribution in [0.5, 0.6) is 0 Å². The number of rotatable bonds is 3. The molecule has 0 aliphatic heterocycles. The third-order valence-electron chi connectivity index (χ3n) is 3.26. The fourth-order valence-corrected chi connectivity index (χ4v) is 2.12. The molecule has 2 aromatic carbocycles. The second-order valence-electron chi connectivity index (χ2n) is 4.60. The molecule has 1 aromatic heterocycles. The minimum Gasteiger partial charge on any atom is -0.438 e. The zero-order valence-corrected chi connectivity index (χ0v) is 11.6. The van der Waals surface area contributed by atoms with Gasteiger partial charge in [0.15, 0.2) is 6.39 Å². The van der Waals surface area contributed by atoms with Gasteiger partial charge in [0.2, 0.25) is 5.76 Å². The predicted octanol–water partition coefficient (Wildman–Crippen LogP) is 3.62. The van der Waals surface area contributed by atoms with Crippen molar-refractivity contribution >= 4 is 11.6 Å². The van der Waals surface area contributed by atoms with Crippen molar-refractivity contribution in [2.75, 3.05) is 11.9 Å². The minimum absolute atomic E-state index is 0.224. The Labute approximate surface area is 122 Å². The first kappa shape index (κ1) is 13.1. The second kappa shape index (κ2) is 5.63. The van der Waals surface area contributed by atoms with Crippen LogP contribution < -0.4 is 4.90 Å². The second-order valence-corrected chi connectivity index (χ2v) is 4.60. The maximum Gasteiger partial charge on any atom is 0.296 e. The van der Waals surface area contributed by atoms with E-state index in [9.17, 15) is 4.79 Å². The van der Waals surface area contributed by atoms with Crippen LogP contribution in [-0.2, 0) is 0 Å². The van der Waals surface area contributed by atoms with E-state index in [0.717, 1.165) is 11.3 Å². The lowest BCUT2D eigenvalue weighted by atomic mass is 10.1. The first-order valence-corrected chi connectivity index (χ1v) is 6.59. The zero-order chi connectivity index (χ0) is 14.7. The van der Waals surface area contributed by atoms with Crippen LogP contribution >= 0.6 is 0 Å². The molecule has 4 heteroatoms. The Morgan fingerprint density at radius 1 is 1.00 bits per heavy atom. The van der Waals surface area contributed by atoms with E-state index >= 15 is 0 Å². The number of carbonyl (C=O) groups excluding carboxylic acids is 1. The van der Waals surface area contributed by atoms with Gasteiger partial charge in [-0.15, -0.1) is 0 Å². The summed E-state index contributed by atoms with van der Waals surface area (Å²) in [4.78, 5) is 18.3. The summed E-state index contributed by atoms with van der Waals surface area (Å²) in [5.41, 5.74) is 2.22. The van der Waals surface area contributed by atoms with Crippen LogP contribution in [-0.4, -0.2) is 17.9 Å². The Morgan fingerprint density at radius 3 is 2.29 bits per heavy atom. The van der Waals surface area contributed by atoms with Gasteiger partial charge in [0.25, 0.3) is 5.91 Å². The van der Waals surface area contributed by atoms with Crippen molar-refractivity contribution in [2.24, 2.45) is 0 Å². The van der Waals surface area contributed by atoms with Crippen molar-refractivity contribution in [1.82, 2.24) is 4.98 Å². The van der Waals surface area contributed by atoms with Crippen molar-refractivity contribution < 1.29 is 9.21 Å². The molecule has 0 bridgehead atoms. The summed E-state index contributed by atoms with van der Waals surface area (Å²) in [6.07, 6.45) is 1.30. The van der Waals surface area contributed by atoms with E-state index in [0.29, 0.717) is 5.69 Å². The summed E-state index contributed by atoms with van der Waals surface area (Å²) in [5, 5.41) is 0. The predicted molar refractivity (Wildman–Crippen MR) is 81.1 cm³/mol. The lowest BCUT2D eigenvalue weighted by Crippen LogP contribution is -2.26. The number of hydrogen-bond acceptors (Lipinski definition) is 3. The van der Waals surface area contributed by atoms with Crippen molar-refractivity contribution in [2.45, 2.75) is 0 Å². The Kier molecular flexibility index (Phi) is 3.51. The third kappa shape index (κ3) is 2.56. The topological polar surface area (TPSA) is 46.3 Å². The molecule has 21 heavy (non-hydrogen) atoms. The monoisotopic (exact) mass is 278 g/mol. The molecule has 4 nitrogen and oxygen atoms in total. The van der Waals surface area contributed by atoms with E-state index in [4.69, 9.17) is 4.42 Å². The van der Waals surface area contributed by atoms with Crippen LogP contribution in [0.3, 0.4) is 0 Å². The maximum atomic E-state index is 12.6. The Balaban J connectivity index is 1.95. The van der Waals surface area contributed by atoms with Gasteiger partial charge >= 0.3 is 0 Å². The molecule has 3 rings (SSSR count). The largest absolute Gasteiger partial charge is 0.438 e. The van der Waals surface area contributed by atoms with Gasteiger partial charge in [-0.25, -0.2) is 4.98 Å². The van der Waals surface area contributed by atoms with E-state index in [-0.39, 0.29) is 11.7 Å². The Hall–Kier alpha value is -2.88. The number of carbonyl (C=O) groups is 1. The molecular weight excluding hydrogens is 264 g/mol. The summed E-state index contributed by atoms with van der Waals surface area (Å²) >= 11 is 0. The minimum atomic E-state index is -0.224. The fourth-order valence-electron chi connectivity index (χ4n) is 2.12. The molecule has 1 amide bonds. The van der Waals surface area contributed by atoms with Crippen molar-refractivity contribution in [3.63, 3.8) is 0 Å². The average molecular weight is 278 g/mol. The Bertz CT molecular complexity index is 736. The van der Waals surface area contributed by atoms with Gasteiger partial charge in [-0.1, -0.05) is 48.5 Å². The molecular formula is C17H14N2O2. The molecule has 1 heterocycles. The summed E-state index contributed by atoms with van der Waals surface area (Å²) in [6, 6.07) is 18.9. The number of para-hydroxylation sites is 1. The quantitative estimate of drug-likeness (QED) is 0.735. The van der Waals surface area contributed by atoms with Gasteiger partial charge in [-0.05, 0) is 12.1 Å².